The number of carbonyl (C=O) groups is 1. The predicted octanol–water partition coefficient (Wildman–Crippen LogP) is 1.95. The van der Waals surface area contributed by atoms with Gasteiger partial charge >= 0.3 is 0 Å². The third-order valence-electron chi connectivity index (χ3n) is 2.11. The summed E-state index contributed by atoms with van der Waals surface area (Å²) in [6.45, 7) is -0.207. The van der Waals surface area contributed by atoms with E-state index in [2.05, 4.69) is 10.5 Å². The summed E-state index contributed by atoms with van der Waals surface area (Å²) in [5, 5.41) is 3.68. The quantitative estimate of drug-likeness (QED) is 0.661. The Morgan fingerprint density at radius 3 is 2.84 bits per heavy atom. The number of hydrogen-bond acceptors (Lipinski definition) is 4. The SMILES string of the molecule is O=C(COc1ccc(F)cc1)NN=Cc1ccco1. The summed E-state index contributed by atoms with van der Waals surface area (Å²) in [6, 6.07) is 8.79. The molecule has 0 bridgehead atoms. The van der Waals surface area contributed by atoms with E-state index in [0.717, 1.165) is 0 Å². The van der Waals surface area contributed by atoms with E-state index in [9.17, 15) is 9.18 Å². The van der Waals surface area contributed by atoms with Crippen LogP contribution in [-0.2, 0) is 4.79 Å². The van der Waals surface area contributed by atoms with Gasteiger partial charge in [-0.3, -0.25) is 4.79 Å². The van der Waals surface area contributed by atoms with Crippen molar-refractivity contribution in [3.63, 3.8) is 0 Å². The fraction of sp³-hybridized carbons (Fsp3) is 0.0769. The second-order valence-corrected chi connectivity index (χ2v) is 3.55. The molecule has 0 fully saturated rings. The first kappa shape index (κ1) is 12.8. The molecular weight excluding hydrogens is 251 g/mol. The van der Waals surface area contributed by atoms with Crippen molar-refractivity contribution >= 4 is 12.1 Å². The van der Waals surface area contributed by atoms with Crippen molar-refractivity contribution in [1.82, 2.24) is 5.43 Å². The minimum absolute atomic E-state index is 0.207. The van der Waals surface area contributed by atoms with Gasteiger partial charge in [-0.2, -0.15) is 5.10 Å². The molecule has 0 spiro atoms. The number of amides is 1. The number of nitrogens with one attached hydrogen (secondary N) is 1. The Bertz CT molecular complexity index is 550. The minimum Gasteiger partial charge on any atom is -0.484 e. The van der Waals surface area contributed by atoms with Gasteiger partial charge in [-0.25, -0.2) is 9.82 Å². The summed E-state index contributed by atoms with van der Waals surface area (Å²) in [4.78, 5) is 11.4. The normalized spacial score (nSPS) is 10.6. The predicted molar refractivity (Wildman–Crippen MR) is 66.3 cm³/mol. The number of benzene rings is 1. The highest BCUT2D eigenvalue weighted by Gasteiger charge is 2.01. The van der Waals surface area contributed by atoms with Gasteiger partial charge in [0.1, 0.15) is 17.3 Å². The van der Waals surface area contributed by atoms with Gasteiger partial charge in [0.05, 0.1) is 12.5 Å². The molecule has 1 N–H and O–H groups in total. The standard InChI is InChI=1S/C13H11FN2O3/c14-10-3-5-11(6-4-10)19-9-13(17)16-15-8-12-2-1-7-18-12/h1-8H,9H2,(H,16,17). The van der Waals surface area contributed by atoms with Crippen molar-refractivity contribution in [1.29, 1.82) is 0 Å². The number of hydrogen-bond donors (Lipinski definition) is 1. The van der Waals surface area contributed by atoms with Gasteiger partial charge in [-0.15, -0.1) is 0 Å². The van der Waals surface area contributed by atoms with Crippen LogP contribution in [-0.4, -0.2) is 18.7 Å². The van der Waals surface area contributed by atoms with Crippen molar-refractivity contribution in [2.24, 2.45) is 5.10 Å². The lowest BCUT2D eigenvalue weighted by atomic mass is 10.3. The summed E-state index contributed by atoms with van der Waals surface area (Å²) in [6.07, 6.45) is 2.87. The summed E-state index contributed by atoms with van der Waals surface area (Å²) in [5.74, 6) is 0.151. The van der Waals surface area contributed by atoms with Crippen LogP contribution in [0.4, 0.5) is 4.39 Å². The van der Waals surface area contributed by atoms with Crippen molar-refractivity contribution in [3.8, 4) is 5.75 Å². The monoisotopic (exact) mass is 262 g/mol. The lowest BCUT2D eigenvalue weighted by molar-refractivity contribution is -0.123. The molecule has 2 rings (SSSR count). The van der Waals surface area contributed by atoms with Gasteiger partial charge in [-0.1, -0.05) is 0 Å². The third-order valence-corrected chi connectivity index (χ3v) is 2.11. The first-order chi connectivity index (χ1) is 9.24. The number of nitrogens with zero attached hydrogens (tertiary/aromatic N) is 1. The number of hydrazone groups is 1. The molecule has 0 radical (unpaired) electrons. The lowest BCUT2D eigenvalue weighted by Crippen LogP contribution is -2.24. The number of carbonyl (C=O) groups excluding carboxylic acids is 1. The first-order valence-electron chi connectivity index (χ1n) is 5.48. The van der Waals surface area contributed by atoms with Gasteiger partial charge < -0.3 is 9.15 Å². The molecule has 98 valence electrons. The minimum atomic E-state index is -0.424. The second kappa shape index (κ2) is 6.34. The molecule has 6 heteroatoms. The molecule has 19 heavy (non-hydrogen) atoms. The number of furan rings is 1. The summed E-state index contributed by atoms with van der Waals surface area (Å²) in [7, 11) is 0. The van der Waals surface area contributed by atoms with E-state index in [-0.39, 0.29) is 12.4 Å². The highest BCUT2D eigenvalue weighted by Crippen LogP contribution is 2.10. The van der Waals surface area contributed by atoms with Crippen LogP contribution >= 0.6 is 0 Å². The van der Waals surface area contributed by atoms with Crippen LogP contribution in [0.25, 0.3) is 0 Å². The second-order valence-electron chi connectivity index (χ2n) is 3.55. The average molecular weight is 262 g/mol. The van der Waals surface area contributed by atoms with Crippen molar-refractivity contribution in [2.45, 2.75) is 0 Å². The van der Waals surface area contributed by atoms with Crippen molar-refractivity contribution in [2.75, 3.05) is 6.61 Å². The van der Waals surface area contributed by atoms with Gasteiger partial charge in [0, 0.05) is 0 Å². The Labute approximate surface area is 108 Å². The number of ether oxygens (including phenoxy) is 1. The Kier molecular flexibility index (Phi) is 4.28. The summed E-state index contributed by atoms with van der Waals surface area (Å²) >= 11 is 0. The van der Waals surface area contributed by atoms with E-state index in [1.165, 1.54) is 36.7 Å². The molecule has 5 nitrogen and oxygen atoms in total. The molecule has 1 amide bonds. The van der Waals surface area contributed by atoms with Gasteiger partial charge in [0.15, 0.2) is 6.61 Å². The Morgan fingerprint density at radius 1 is 1.37 bits per heavy atom. The first-order valence-corrected chi connectivity index (χ1v) is 5.48. The van der Waals surface area contributed by atoms with Gasteiger partial charge in [0.2, 0.25) is 0 Å². The molecule has 1 heterocycles. The lowest BCUT2D eigenvalue weighted by Gasteiger charge is -2.04. The maximum atomic E-state index is 12.6. The highest BCUT2D eigenvalue weighted by molar-refractivity contribution is 5.81. The van der Waals surface area contributed by atoms with E-state index < -0.39 is 5.91 Å². The fourth-order valence-electron chi connectivity index (χ4n) is 1.24. The zero-order valence-electron chi connectivity index (χ0n) is 9.88. The van der Waals surface area contributed by atoms with Crippen molar-refractivity contribution in [3.05, 3.63) is 54.2 Å². The molecule has 2 aromatic rings. The Balaban J connectivity index is 1.74. The number of halogens is 1. The summed E-state index contributed by atoms with van der Waals surface area (Å²) in [5.41, 5.74) is 2.27. The topological polar surface area (TPSA) is 63.8 Å². The Morgan fingerprint density at radius 2 is 2.16 bits per heavy atom. The molecule has 0 aliphatic carbocycles. The van der Waals surface area contributed by atoms with E-state index in [1.54, 1.807) is 12.1 Å². The molecule has 0 atom stereocenters. The summed E-state index contributed by atoms with van der Waals surface area (Å²) < 4.78 is 22.7. The molecule has 0 aliphatic rings. The van der Waals surface area contributed by atoms with Crippen LogP contribution in [0.15, 0.2) is 52.2 Å². The maximum absolute atomic E-state index is 12.6. The maximum Gasteiger partial charge on any atom is 0.277 e. The molecule has 0 aliphatic heterocycles. The van der Waals surface area contributed by atoms with Gasteiger partial charge in [0.25, 0.3) is 5.91 Å². The van der Waals surface area contributed by atoms with Crippen LogP contribution < -0.4 is 10.2 Å². The molecular formula is C13H11FN2O3. The largest absolute Gasteiger partial charge is 0.484 e. The van der Waals surface area contributed by atoms with E-state index >= 15 is 0 Å². The van der Waals surface area contributed by atoms with Crippen LogP contribution in [0.2, 0.25) is 0 Å². The molecule has 1 aromatic heterocycles. The van der Waals surface area contributed by atoms with Crippen LogP contribution in [0.1, 0.15) is 5.76 Å². The third kappa shape index (κ3) is 4.27. The van der Waals surface area contributed by atoms with E-state index in [1.807, 2.05) is 0 Å². The average Bonchev–Trinajstić information content (AvgIpc) is 2.91. The highest BCUT2D eigenvalue weighted by atomic mass is 19.1. The number of rotatable bonds is 5. The molecule has 0 unspecified atom stereocenters. The zero-order chi connectivity index (χ0) is 13.5. The van der Waals surface area contributed by atoms with Crippen LogP contribution in [0.5, 0.6) is 5.75 Å². The smallest absolute Gasteiger partial charge is 0.277 e. The van der Waals surface area contributed by atoms with Crippen LogP contribution in [0, 0.1) is 5.82 Å². The van der Waals surface area contributed by atoms with E-state index in [4.69, 9.17) is 9.15 Å². The Hall–Kier alpha value is -2.63. The van der Waals surface area contributed by atoms with E-state index in [0.29, 0.717) is 11.5 Å². The van der Waals surface area contributed by atoms with Crippen molar-refractivity contribution < 1.29 is 18.3 Å². The van der Waals surface area contributed by atoms with Gasteiger partial charge in [-0.05, 0) is 36.4 Å². The molecule has 0 saturated carbocycles. The fourth-order valence-corrected chi connectivity index (χ4v) is 1.24. The molecule has 0 saturated heterocycles. The zero-order valence-corrected chi connectivity index (χ0v) is 9.88. The van der Waals surface area contributed by atoms with Crippen LogP contribution in [0.3, 0.4) is 0 Å². The molecule has 1 aromatic carbocycles.